The van der Waals surface area contributed by atoms with E-state index in [2.05, 4.69) is 41.8 Å². The van der Waals surface area contributed by atoms with Gasteiger partial charge >= 0.3 is 0 Å². The van der Waals surface area contributed by atoms with Crippen molar-refractivity contribution in [1.82, 2.24) is 10.6 Å². The second kappa shape index (κ2) is 5.71. The molecule has 0 aliphatic carbocycles. The number of hydrogen-bond acceptors (Lipinski definition) is 3. The molecule has 1 aliphatic heterocycles. The van der Waals surface area contributed by atoms with E-state index in [1.165, 1.54) is 16.2 Å². The number of benzene rings is 1. The molecule has 0 saturated carbocycles. The summed E-state index contributed by atoms with van der Waals surface area (Å²) in [5, 5.41) is 6.78. The molecule has 16 heavy (non-hydrogen) atoms. The molecule has 0 aromatic heterocycles. The zero-order chi connectivity index (χ0) is 11.4. The predicted octanol–water partition coefficient (Wildman–Crippen LogP) is 2.07. The Hall–Kier alpha value is -0.510. The fraction of sp³-hybridized carbons (Fsp3) is 0.538. The Bertz CT molecular complexity index is 340. The third-order valence-corrected chi connectivity index (χ3v) is 4.27. The quantitative estimate of drug-likeness (QED) is 0.818. The van der Waals surface area contributed by atoms with E-state index in [1.807, 2.05) is 18.8 Å². The van der Waals surface area contributed by atoms with Gasteiger partial charge in [-0.05, 0) is 25.6 Å². The molecule has 0 fully saturated rings. The zero-order valence-corrected chi connectivity index (χ0v) is 10.8. The molecule has 1 heterocycles. The third kappa shape index (κ3) is 2.78. The first-order valence-corrected chi connectivity index (χ1v) is 6.89. The molecular weight excluding hydrogens is 216 g/mol. The lowest BCUT2D eigenvalue weighted by Gasteiger charge is -2.17. The molecule has 1 aromatic carbocycles. The van der Waals surface area contributed by atoms with Crippen molar-refractivity contribution >= 4 is 11.8 Å². The van der Waals surface area contributed by atoms with Gasteiger partial charge in [0.1, 0.15) is 0 Å². The molecule has 0 spiro atoms. The van der Waals surface area contributed by atoms with Crippen molar-refractivity contribution in [3.63, 3.8) is 0 Å². The largest absolute Gasteiger partial charge is 0.318 e. The van der Waals surface area contributed by atoms with Crippen LogP contribution in [0.4, 0.5) is 0 Å². The second-order valence-electron chi connectivity index (χ2n) is 4.41. The van der Waals surface area contributed by atoms with E-state index in [-0.39, 0.29) is 0 Å². The van der Waals surface area contributed by atoms with Crippen molar-refractivity contribution in [1.29, 1.82) is 0 Å². The van der Waals surface area contributed by atoms with Gasteiger partial charge in [-0.2, -0.15) is 0 Å². The van der Waals surface area contributed by atoms with E-state index < -0.39 is 0 Å². The molecule has 0 bridgehead atoms. The topological polar surface area (TPSA) is 24.1 Å². The summed E-state index contributed by atoms with van der Waals surface area (Å²) in [5.74, 6) is 1.90. The van der Waals surface area contributed by atoms with Gasteiger partial charge in [-0.1, -0.05) is 18.2 Å². The fourth-order valence-electron chi connectivity index (χ4n) is 2.12. The van der Waals surface area contributed by atoms with Crippen molar-refractivity contribution in [2.24, 2.45) is 0 Å². The average molecular weight is 236 g/mol. The van der Waals surface area contributed by atoms with Gasteiger partial charge < -0.3 is 10.6 Å². The van der Waals surface area contributed by atoms with Crippen LogP contribution in [0.1, 0.15) is 18.4 Å². The predicted molar refractivity (Wildman–Crippen MR) is 71.3 cm³/mol. The van der Waals surface area contributed by atoms with Crippen LogP contribution in [0.2, 0.25) is 0 Å². The molecule has 1 aromatic rings. The molecule has 2 rings (SSSR count). The summed E-state index contributed by atoms with van der Waals surface area (Å²) in [7, 11) is 2.00. The van der Waals surface area contributed by atoms with Crippen LogP contribution in [-0.4, -0.2) is 31.9 Å². The number of rotatable bonds is 5. The van der Waals surface area contributed by atoms with Crippen molar-refractivity contribution in [3.8, 4) is 0 Å². The standard InChI is InChI=1S/C13H20N2S/c1-10(7-14-2)15-8-11-9-16-13-6-4-3-5-12(11)13/h3-6,10-11,14-15H,7-9H2,1-2H3. The monoisotopic (exact) mass is 236 g/mol. The maximum Gasteiger partial charge on any atom is 0.0164 e. The van der Waals surface area contributed by atoms with Crippen LogP contribution >= 0.6 is 11.8 Å². The summed E-state index contributed by atoms with van der Waals surface area (Å²) in [4.78, 5) is 1.47. The lowest BCUT2D eigenvalue weighted by atomic mass is 10.0. The minimum Gasteiger partial charge on any atom is -0.318 e. The Morgan fingerprint density at radius 2 is 2.25 bits per heavy atom. The van der Waals surface area contributed by atoms with Crippen LogP contribution in [0.3, 0.4) is 0 Å². The van der Waals surface area contributed by atoms with Crippen LogP contribution in [-0.2, 0) is 0 Å². The highest BCUT2D eigenvalue weighted by Crippen LogP contribution is 2.38. The van der Waals surface area contributed by atoms with E-state index in [4.69, 9.17) is 0 Å². The Kier molecular flexibility index (Phi) is 4.27. The van der Waals surface area contributed by atoms with Gasteiger partial charge in [0, 0.05) is 35.7 Å². The van der Waals surface area contributed by atoms with E-state index in [1.54, 1.807) is 0 Å². The van der Waals surface area contributed by atoms with Crippen molar-refractivity contribution in [2.75, 3.05) is 25.9 Å². The maximum absolute atomic E-state index is 3.59. The normalized spacial score (nSPS) is 20.8. The summed E-state index contributed by atoms with van der Waals surface area (Å²) in [5.41, 5.74) is 1.52. The summed E-state index contributed by atoms with van der Waals surface area (Å²) < 4.78 is 0. The van der Waals surface area contributed by atoms with Crippen molar-refractivity contribution in [3.05, 3.63) is 29.8 Å². The summed E-state index contributed by atoms with van der Waals surface area (Å²) in [6.07, 6.45) is 0. The molecule has 0 radical (unpaired) electrons. The minimum atomic E-state index is 0.544. The number of thioether (sulfide) groups is 1. The van der Waals surface area contributed by atoms with Gasteiger partial charge in [0.2, 0.25) is 0 Å². The number of nitrogens with one attached hydrogen (secondary N) is 2. The Balaban J connectivity index is 1.88. The van der Waals surface area contributed by atoms with E-state index in [0.29, 0.717) is 12.0 Å². The van der Waals surface area contributed by atoms with Gasteiger partial charge in [0.05, 0.1) is 0 Å². The first kappa shape index (κ1) is 12.0. The average Bonchev–Trinajstić information content (AvgIpc) is 2.70. The van der Waals surface area contributed by atoms with Gasteiger partial charge in [-0.3, -0.25) is 0 Å². The van der Waals surface area contributed by atoms with Gasteiger partial charge in [0.25, 0.3) is 0 Å². The smallest absolute Gasteiger partial charge is 0.0164 e. The summed E-state index contributed by atoms with van der Waals surface area (Å²) in [6.45, 7) is 4.35. The molecule has 2 nitrogen and oxygen atoms in total. The third-order valence-electron chi connectivity index (χ3n) is 3.02. The molecular formula is C13H20N2S. The lowest BCUT2D eigenvalue weighted by Crippen LogP contribution is -2.37. The highest BCUT2D eigenvalue weighted by molar-refractivity contribution is 7.99. The first-order chi connectivity index (χ1) is 7.81. The van der Waals surface area contributed by atoms with Crippen molar-refractivity contribution < 1.29 is 0 Å². The number of likely N-dealkylation sites (N-methyl/N-ethyl adjacent to an activating group) is 1. The molecule has 88 valence electrons. The molecule has 3 heteroatoms. The number of hydrogen-bond donors (Lipinski definition) is 2. The van der Waals surface area contributed by atoms with Crippen LogP contribution in [0, 0.1) is 0 Å². The summed E-state index contributed by atoms with van der Waals surface area (Å²) in [6, 6.07) is 9.32. The molecule has 2 unspecified atom stereocenters. The van der Waals surface area contributed by atoms with Crippen molar-refractivity contribution in [2.45, 2.75) is 23.8 Å². The van der Waals surface area contributed by atoms with Gasteiger partial charge in [0.15, 0.2) is 0 Å². The van der Waals surface area contributed by atoms with Gasteiger partial charge in [-0.25, -0.2) is 0 Å². The highest BCUT2D eigenvalue weighted by atomic mass is 32.2. The SMILES string of the molecule is CNCC(C)NCC1CSc2ccccc21. The minimum absolute atomic E-state index is 0.544. The van der Waals surface area contributed by atoms with Crippen LogP contribution in [0.5, 0.6) is 0 Å². The molecule has 2 atom stereocenters. The van der Waals surface area contributed by atoms with Gasteiger partial charge in [-0.15, -0.1) is 11.8 Å². The Morgan fingerprint density at radius 1 is 1.44 bits per heavy atom. The second-order valence-corrected chi connectivity index (χ2v) is 5.47. The fourth-order valence-corrected chi connectivity index (χ4v) is 3.37. The summed E-state index contributed by atoms with van der Waals surface area (Å²) >= 11 is 1.99. The Morgan fingerprint density at radius 3 is 3.06 bits per heavy atom. The van der Waals surface area contributed by atoms with E-state index in [0.717, 1.165) is 13.1 Å². The lowest BCUT2D eigenvalue weighted by molar-refractivity contribution is 0.503. The van der Waals surface area contributed by atoms with Crippen LogP contribution < -0.4 is 10.6 Å². The molecule has 0 saturated heterocycles. The molecule has 2 N–H and O–H groups in total. The maximum atomic E-state index is 3.59. The molecule has 0 amide bonds. The van der Waals surface area contributed by atoms with E-state index in [9.17, 15) is 0 Å². The van der Waals surface area contributed by atoms with E-state index >= 15 is 0 Å². The number of fused-ring (bicyclic) bond motifs is 1. The van der Waals surface area contributed by atoms with Crippen LogP contribution in [0.25, 0.3) is 0 Å². The first-order valence-electron chi connectivity index (χ1n) is 5.91. The molecule has 1 aliphatic rings. The Labute approximate surface area is 102 Å². The zero-order valence-electron chi connectivity index (χ0n) is 9.99. The highest BCUT2D eigenvalue weighted by Gasteiger charge is 2.22. The van der Waals surface area contributed by atoms with Crippen LogP contribution in [0.15, 0.2) is 29.2 Å².